The summed E-state index contributed by atoms with van der Waals surface area (Å²) in [5.74, 6) is -9.58. The number of aromatic hydroxyl groups is 2. The Morgan fingerprint density at radius 2 is 0.640 bits per heavy atom. The van der Waals surface area contributed by atoms with Crippen LogP contribution < -0.4 is 14.2 Å². The largest absolute Gasteiger partial charge is 0.508 e. The number of nitrogens with zero attached hydrogens (tertiary/aromatic N) is 2. The van der Waals surface area contributed by atoms with Crippen molar-refractivity contribution in [2.75, 3.05) is 0 Å². The van der Waals surface area contributed by atoms with Crippen molar-refractivity contribution >= 4 is 57.4 Å². The maximum Gasteiger partial charge on any atom is 0.322 e. The van der Waals surface area contributed by atoms with Gasteiger partial charge in [-0.1, -0.05) is 60.7 Å². The second-order valence-corrected chi connectivity index (χ2v) is 18.3. The number of phenolic OH excluding ortho intramolecular Hbond substituents is 2. The predicted molar refractivity (Wildman–Crippen MR) is 310 cm³/mol. The zero-order valence-electron chi connectivity index (χ0n) is 45.7. The predicted octanol–water partition coefficient (Wildman–Crippen LogP) is 13.9. The van der Waals surface area contributed by atoms with E-state index in [-0.39, 0.29) is 45.7 Å². The first-order valence-corrected chi connectivity index (χ1v) is 25.7. The molecule has 16 nitrogen and oxygen atoms in total. The lowest BCUT2D eigenvalue weighted by molar-refractivity contribution is -0.148. The third kappa shape index (κ3) is 20.8. The molecule has 0 amide bonds. The van der Waals surface area contributed by atoms with Gasteiger partial charge in [-0.05, 0) is 160 Å². The van der Waals surface area contributed by atoms with Crippen molar-refractivity contribution in [1.82, 2.24) is 0 Å². The normalized spacial score (nSPS) is 10.1. The molecule has 0 aliphatic carbocycles. The van der Waals surface area contributed by atoms with E-state index in [0.29, 0.717) is 33.4 Å². The van der Waals surface area contributed by atoms with Gasteiger partial charge in [0.25, 0.3) is 0 Å². The summed E-state index contributed by atoms with van der Waals surface area (Å²) >= 11 is 0. The number of benzene rings is 10. The standard InChI is InChI=1S/C26H15F2NO4.C15H10F2O4.C12H8F2O.C11H7NO.C3H4O4/c27-20-6-3-17(4-7-20)23-10-9-22(13-24(23)28)33-26(31)14-25(30)32-21-8-5-18-11-16(15-29)1-2-19(18)12-21;16-10-3-1-9(2-4-10)12-6-5-11(7-13(12)17)21-15(20)8-14(18)19;13-9-3-1-8(2-4-9)11-6-5-10(15)7-12(11)14;12-7-8-1-2-10-6-11(13)4-3-9(10)5-8;4-2(5)1-3(6)7/h1-13H,14H2;1-7H,8H2,(H,18,19);1-7,15H;1-6,13H;1H2,(H,4,5)(H,6,7). The van der Waals surface area contributed by atoms with Crippen molar-refractivity contribution in [3.63, 3.8) is 0 Å². The lowest BCUT2D eigenvalue weighted by Crippen LogP contribution is -2.18. The number of aliphatic carboxylic acids is 3. The first kappa shape index (κ1) is 65.8. The van der Waals surface area contributed by atoms with Gasteiger partial charge in [-0.15, -0.1) is 0 Å². The summed E-state index contributed by atoms with van der Waals surface area (Å²) in [5, 5.41) is 63.1. The second kappa shape index (κ2) is 31.6. The van der Waals surface area contributed by atoms with Crippen LogP contribution in [-0.4, -0.2) is 61.3 Å². The molecule has 10 aromatic carbocycles. The number of esters is 3. The van der Waals surface area contributed by atoms with Crippen LogP contribution in [0.1, 0.15) is 30.4 Å². The molecule has 0 aromatic heterocycles. The molecular weight excluding hydrogens is 1170 g/mol. The summed E-state index contributed by atoms with van der Waals surface area (Å²) in [4.78, 5) is 64.5. The molecular formula is C67H44F6N2O14. The molecule has 0 bridgehead atoms. The van der Waals surface area contributed by atoms with E-state index in [0.717, 1.165) is 39.7 Å². The van der Waals surface area contributed by atoms with Gasteiger partial charge in [-0.25, -0.2) is 26.3 Å². The third-order valence-electron chi connectivity index (χ3n) is 11.8. The molecule has 5 N–H and O–H groups in total. The molecule has 89 heavy (non-hydrogen) atoms. The molecule has 0 saturated heterocycles. The molecule has 22 heteroatoms. The van der Waals surface area contributed by atoms with Crippen LogP contribution in [0.25, 0.3) is 54.9 Å². The minimum Gasteiger partial charge on any atom is -0.508 e. The van der Waals surface area contributed by atoms with Crippen LogP contribution in [-0.2, 0) is 28.8 Å². The highest BCUT2D eigenvalue weighted by atomic mass is 19.1. The van der Waals surface area contributed by atoms with Gasteiger partial charge in [-0.2, -0.15) is 10.5 Å². The molecule has 0 atom stereocenters. The average molecular weight is 1220 g/mol. The van der Waals surface area contributed by atoms with Crippen molar-refractivity contribution < 1.29 is 94.9 Å². The van der Waals surface area contributed by atoms with Crippen molar-refractivity contribution in [3.8, 4) is 74.3 Å². The molecule has 0 saturated carbocycles. The Labute approximate surface area is 500 Å². The summed E-state index contributed by atoms with van der Waals surface area (Å²) in [5.41, 5.74) is 3.43. The molecule has 448 valence electrons. The Morgan fingerprint density at radius 3 is 1.01 bits per heavy atom. The second-order valence-electron chi connectivity index (χ2n) is 18.3. The van der Waals surface area contributed by atoms with Crippen LogP contribution in [0.2, 0.25) is 0 Å². The van der Waals surface area contributed by atoms with Gasteiger partial charge in [0.15, 0.2) is 0 Å². The van der Waals surface area contributed by atoms with Gasteiger partial charge in [0.05, 0.1) is 23.3 Å². The maximum atomic E-state index is 14.4. The lowest BCUT2D eigenvalue weighted by atomic mass is 10.1. The molecule has 0 heterocycles. The maximum absolute atomic E-state index is 14.4. The number of ether oxygens (including phenoxy) is 3. The molecule has 0 fully saturated rings. The van der Waals surface area contributed by atoms with E-state index >= 15 is 0 Å². The Morgan fingerprint density at radius 1 is 0.337 bits per heavy atom. The molecule has 0 spiro atoms. The number of halogens is 6. The number of fused-ring (bicyclic) bond motifs is 2. The quantitative estimate of drug-likeness (QED) is 0.0329. The summed E-state index contributed by atoms with van der Waals surface area (Å²) in [7, 11) is 0. The number of nitriles is 2. The van der Waals surface area contributed by atoms with Crippen molar-refractivity contribution in [3.05, 3.63) is 246 Å². The van der Waals surface area contributed by atoms with Gasteiger partial charge >= 0.3 is 35.8 Å². The Bertz CT molecular complexity index is 4310. The number of hydrogen-bond donors (Lipinski definition) is 5. The van der Waals surface area contributed by atoms with Gasteiger partial charge in [0.2, 0.25) is 0 Å². The zero-order chi connectivity index (χ0) is 64.7. The average Bonchev–Trinajstić information content (AvgIpc) is 3.64. The van der Waals surface area contributed by atoms with Gasteiger partial charge in [0.1, 0.15) is 82.9 Å². The fourth-order valence-electron chi connectivity index (χ4n) is 7.75. The monoisotopic (exact) mass is 1210 g/mol. The van der Waals surface area contributed by atoms with Crippen LogP contribution in [0.5, 0.6) is 28.7 Å². The van der Waals surface area contributed by atoms with E-state index < -0.39 is 84.2 Å². The molecule has 0 radical (unpaired) electrons. The van der Waals surface area contributed by atoms with E-state index in [9.17, 15) is 60.2 Å². The topological polar surface area (TPSA) is 279 Å². The van der Waals surface area contributed by atoms with Crippen molar-refractivity contribution in [2.24, 2.45) is 0 Å². The van der Waals surface area contributed by atoms with Crippen LogP contribution in [0.15, 0.2) is 200 Å². The Hall–Kier alpha value is -12.3. The molecule has 0 aliphatic heterocycles. The van der Waals surface area contributed by atoms with Crippen molar-refractivity contribution in [2.45, 2.75) is 19.3 Å². The van der Waals surface area contributed by atoms with E-state index in [1.807, 2.05) is 6.07 Å². The van der Waals surface area contributed by atoms with E-state index in [2.05, 4.69) is 12.1 Å². The first-order valence-electron chi connectivity index (χ1n) is 25.7. The highest BCUT2D eigenvalue weighted by molar-refractivity contribution is 5.94. The van der Waals surface area contributed by atoms with E-state index in [4.69, 9.17) is 45.2 Å². The Kier molecular flexibility index (Phi) is 23.3. The summed E-state index contributed by atoms with van der Waals surface area (Å²) < 4.78 is 95.2. The smallest absolute Gasteiger partial charge is 0.322 e. The number of phenols is 2. The number of carbonyl (C=O) groups is 6. The van der Waals surface area contributed by atoms with E-state index in [1.54, 1.807) is 66.7 Å². The van der Waals surface area contributed by atoms with Crippen molar-refractivity contribution in [1.29, 1.82) is 10.5 Å². The number of carboxylic acid groups (broad SMARTS) is 3. The number of carbonyl (C=O) groups excluding carboxylic acids is 3. The fraction of sp³-hybridized carbons (Fsp3) is 0.0448. The van der Waals surface area contributed by atoms with Crippen LogP contribution in [0, 0.1) is 57.6 Å². The minimum atomic E-state index is -1.33. The number of carboxylic acids is 3. The molecule has 0 aliphatic rings. The highest BCUT2D eigenvalue weighted by Gasteiger charge is 2.17. The van der Waals surface area contributed by atoms with Gasteiger partial charge < -0.3 is 39.7 Å². The number of hydrogen-bond acceptors (Lipinski definition) is 13. The van der Waals surface area contributed by atoms with E-state index in [1.165, 1.54) is 109 Å². The summed E-state index contributed by atoms with van der Waals surface area (Å²) in [6.45, 7) is 0. The van der Waals surface area contributed by atoms with Crippen LogP contribution in [0.4, 0.5) is 26.3 Å². The fourth-order valence-corrected chi connectivity index (χ4v) is 7.75. The molecule has 0 unspecified atom stereocenters. The molecule has 10 aromatic rings. The number of rotatable bonds is 12. The minimum absolute atomic E-state index is 0.0739. The Balaban J connectivity index is 0.000000193. The third-order valence-corrected chi connectivity index (χ3v) is 11.8. The highest BCUT2D eigenvalue weighted by Crippen LogP contribution is 2.30. The first-order chi connectivity index (χ1) is 42.4. The summed E-state index contributed by atoms with van der Waals surface area (Å²) in [6.07, 6.45) is -2.28. The molecule has 10 rings (SSSR count). The van der Waals surface area contributed by atoms with Gasteiger partial charge in [0, 0.05) is 34.9 Å². The van der Waals surface area contributed by atoms with Crippen LogP contribution in [0.3, 0.4) is 0 Å². The SMILES string of the molecule is N#Cc1ccc2cc(O)ccc2c1.N#Cc1ccc2cc(OC(=O)CC(=O)Oc3ccc(-c4ccc(F)cc4)c(F)c3)ccc2c1.O=C(O)CC(=O)O.O=C(O)CC(=O)Oc1ccc(-c2ccc(F)cc2)c(F)c1.Oc1ccc(-c2ccc(F)cc2)c(F)c1. The van der Waals surface area contributed by atoms with Crippen LogP contribution >= 0.6 is 0 Å². The zero-order valence-corrected chi connectivity index (χ0v) is 45.7. The van der Waals surface area contributed by atoms with Gasteiger partial charge in [-0.3, -0.25) is 28.8 Å². The summed E-state index contributed by atoms with van der Waals surface area (Å²) in [6, 6.07) is 51.9. The lowest BCUT2D eigenvalue weighted by Gasteiger charge is -2.08.